The molecule has 0 aliphatic carbocycles. The molecule has 1 aliphatic rings. The van der Waals surface area contributed by atoms with Crippen molar-refractivity contribution in [1.82, 2.24) is 10.2 Å². The highest BCUT2D eigenvalue weighted by molar-refractivity contribution is 6.31. The third-order valence-corrected chi connectivity index (χ3v) is 3.54. The zero-order chi connectivity index (χ0) is 11.6. The van der Waals surface area contributed by atoms with E-state index in [1.165, 1.54) is 0 Å². The number of hydrogen-bond acceptors (Lipinski definition) is 2. The van der Waals surface area contributed by atoms with Crippen LogP contribution in [0, 0.1) is 0 Å². The third-order valence-electron chi connectivity index (χ3n) is 3.21. The summed E-state index contributed by atoms with van der Waals surface area (Å²) in [5.74, 6) is 0. The highest BCUT2D eigenvalue weighted by Gasteiger charge is 2.36. The summed E-state index contributed by atoms with van der Waals surface area (Å²) >= 11 is 6.20. The molecule has 3 nitrogen and oxygen atoms in total. The van der Waals surface area contributed by atoms with Crippen LogP contribution in [0.2, 0.25) is 5.02 Å². The standard InChI is InChI=1S/C12H15ClN2O/c1-12(8-14-6-7-15(12)9-16)10-4-2-3-5-11(10)13/h2-5,9,14H,6-8H2,1H3. The Bertz CT molecular complexity index is 396. The molecule has 0 radical (unpaired) electrons. The molecule has 0 aromatic heterocycles. The van der Waals surface area contributed by atoms with E-state index in [9.17, 15) is 4.79 Å². The lowest BCUT2D eigenvalue weighted by Crippen LogP contribution is -2.56. The van der Waals surface area contributed by atoms with Crippen LogP contribution >= 0.6 is 11.6 Å². The fraction of sp³-hybridized carbons (Fsp3) is 0.417. The first kappa shape index (κ1) is 11.4. The number of benzene rings is 1. The van der Waals surface area contributed by atoms with Crippen LogP contribution in [-0.4, -0.2) is 30.9 Å². The largest absolute Gasteiger partial charge is 0.333 e. The molecule has 2 rings (SSSR count). The Balaban J connectivity index is 2.43. The lowest BCUT2D eigenvalue weighted by molar-refractivity contribution is -0.125. The number of rotatable bonds is 2. The Morgan fingerprint density at radius 1 is 1.50 bits per heavy atom. The SMILES string of the molecule is CC1(c2ccccc2Cl)CNCCN1C=O. The van der Waals surface area contributed by atoms with Gasteiger partial charge in [0.05, 0.1) is 5.54 Å². The van der Waals surface area contributed by atoms with Gasteiger partial charge in [-0.05, 0) is 18.6 Å². The predicted octanol–water partition coefficient (Wildman–Crippen LogP) is 1.62. The van der Waals surface area contributed by atoms with Gasteiger partial charge in [0.1, 0.15) is 0 Å². The van der Waals surface area contributed by atoms with E-state index < -0.39 is 0 Å². The summed E-state index contributed by atoms with van der Waals surface area (Å²) in [5, 5.41) is 4.01. The van der Waals surface area contributed by atoms with Crippen molar-refractivity contribution in [3.63, 3.8) is 0 Å². The summed E-state index contributed by atoms with van der Waals surface area (Å²) in [6.07, 6.45) is 0.907. The van der Waals surface area contributed by atoms with Crippen molar-refractivity contribution in [3.05, 3.63) is 34.9 Å². The molecule has 1 aliphatic heterocycles. The van der Waals surface area contributed by atoms with Crippen molar-refractivity contribution in [2.75, 3.05) is 19.6 Å². The molecule has 4 heteroatoms. The molecule has 16 heavy (non-hydrogen) atoms. The number of carbonyl (C=O) groups is 1. The number of hydrogen-bond donors (Lipinski definition) is 1. The Kier molecular flexibility index (Phi) is 3.17. The van der Waals surface area contributed by atoms with Crippen LogP contribution in [-0.2, 0) is 10.3 Å². The molecule has 1 fully saturated rings. The number of carbonyl (C=O) groups excluding carboxylic acids is 1. The van der Waals surface area contributed by atoms with Crippen LogP contribution in [0.3, 0.4) is 0 Å². The minimum atomic E-state index is -0.349. The van der Waals surface area contributed by atoms with Crippen molar-refractivity contribution < 1.29 is 4.79 Å². The molecule has 1 saturated heterocycles. The Morgan fingerprint density at radius 2 is 2.25 bits per heavy atom. The van der Waals surface area contributed by atoms with Crippen molar-refractivity contribution >= 4 is 18.0 Å². The molecule has 1 N–H and O–H groups in total. The van der Waals surface area contributed by atoms with Gasteiger partial charge in [-0.25, -0.2) is 0 Å². The van der Waals surface area contributed by atoms with Crippen LogP contribution in [0.25, 0.3) is 0 Å². The first-order chi connectivity index (χ1) is 7.68. The summed E-state index contributed by atoms with van der Waals surface area (Å²) in [7, 11) is 0. The summed E-state index contributed by atoms with van der Waals surface area (Å²) in [6, 6.07) is 7.69. The molecular formula is C12H15ClN2O. The first-order valence-electron chi connectivity index (χ1n) is 5.36. The lowest BCUT2D eigenvalue weighted by Gasteiger charge is -2.43. The minimum Gasteiger partial charge on any atom is -0.333 e. The average Bonchev–Trinajstić information content (AvgIpc) is 2.30. The van der Waals surface area contributed by atoms with Gasteiger partial charge in [0, 0.05) is 24.7 Å². The minimum absolute atomic E-state index is 0.349. The number of nitrogens with zero attached hydrogens (tertiary/aromatic N) is 1. The number of halogens is 1. The molecule has 1 unspecified atom stereocenters. The van der Waals surface area contributed by atoms with Crippen molar-refractivity contribution in [1.29, 1.82) is 0 Å². The summed E-state index contributed by atoms with van der Waals surface area (Å²) in [5.41, 5.74) is 0.647. The van der Waals surface area contributed by atoms with E-state index in [0.29, 0.717) is 11.6 Å². The summed E-state index contributed by atoms with van der Waals surface area (Å²) in [6.45, 7) is 4.31. The number of nitrogens with one attached hydrogen (secondary N) is 1. The molecule has 1 aromatic rings. The molecular weight excluding hydrogens is 224 g/mol. The van der Waals surface area contributed by atoms with Crippen LogP contribution in [0.5, 0.6) is 0 Å². The van der Waals surface area contributed by atoms with Crippen LogP contribution in [0.4, 0.5) is 0 Å². The van der Waals surface area contributed by atoms with Gasteiger partial charge in [-0.2, -0.15) is 0 Å². The molecule has 1 amide bonds. The molecule has 86 valence electrons. The lowest BCUT2D eigenvalue weighted by atomic mass is 9.88. The van der Waals surface area contributed by atoms with Gasteiger partial charge < -0.3 is 10.2 Å². The highest BCUT2D eigenvalue weighted by Crippen LogP contribution is 2.33. The number of piperazine rings is 1. The van der Waals surface area contributed by atoms with Gasteiger partial charge in [0.2, 0.25) is 6.41 Å². The van der Waals surface area contributed by atoms with Gasteiger partial charge >= 0.3 is 0 Å². The Hall–Kier alpha value is -1.06. The smallest absolute Gasteiger partial charge is 0.210 e. The molecule has 0 bridgehead atoms. The second-order valence-corrected chi connectivity index (χ2v) is 4.64. The highest BCUT2D eigenvalue weighted by atomic mass is 35.5. The van der Waals surface area contributed by atoms with E-state index in [2.05, 4.69) is 5.32 Å². The van der Waals surface area contributed by atoms with Gasteiger partial charge in [0.15, 0.2) is 0 Å². The van der Waals surface area contributed by atoms with E-state index >= 15 is 0 Å². The quantitative estimate of drug-likeness (QED) is 0.795. The van der Waals surface area contributed by atoms with Gasteiger partial charge in [-0.3, -0.25) is 4.79 Å². The van der Waals surface area contributed by atoms with Gasteiger partial charge in [-0.15, -0.1) is 0 Å². The Labute approximate surface area is 100 Å². The monoisotopic (exact) mass is 238 g/mol. The molecule has 1 heterocycles. The van der Waals surface area contributed by atoms with Gasteiger partial charge in [0.25, 0.3) is 0 Å². The van der Waals surface area contributed by atoms with Crippen molar-refractivity contribution in [2.45, 2.75) is 12.5 Å². The normalized spacial score (nSPS) is 25.5. The fourth-order valence-electron chi connectivity index (χ4n) is 2.20. The van der Waals surface area contributed by atoms with E-state index in [4.69, 9.17) is 11.6 Å². The number of amides is 1. The van der Waals surface area contributed by atoms with Crippen LogP contribution in [0.15, 0.2) is 24.3 Å². The Morgan fingerprint density at radius 3 is 2.94 bits per heavy atom. The van der Waals surface area contributed by atoms with Crippen molar-refractivity contribution in [3.8, 4) is 0 Å². The van der Waals surface area contributed by atoms with Crippen LogP contribution < -0.4 is 5.32 Å². The zero-order valence-electron chi connectivity index (χ0n) is 9.24. The molecule has 1 aromatic carbocycles. The van der Waals surface area contributed by atoms with E-state index in [0.717, 1.165) is 25.1 Å². The topological polar surface area (TPSA) is 32.3 Å². The van der Waals surface area contributed by atoms with E-state index in [-0.39, 0.29) is 5.54 Å². The van der Waals surface area contributed by atoms with Crippen LogP contribution in [0.1, 0.15) is 12.5 Å². The second kappa shape index (κ2) is 4.44. The maximum Gasteiger partial charge on any atom is 0.210 e. The van der Waals surface area contributed by atoms with Gasteiger partial charge in [-0.1, -0.05) is 29.8 Å². The summed E-state index contributed by atoms with van der Waals surface area (Å²) < 4.78 is 0. The van der Waals surface area contributed by atoms with E-state index in [1.54, 1.807) is 0 Å². The first-order valence-corrected chi connectivity index (χ1v) is 5.74. The average molecular weight is 239 g/mol. The fourth-order valence-corrected chi connectivity index (χ4v) is 2.54. The molecule has 0 saturated carbocycles. The molecule has 0 spiro atoms. The third kappa shape index (κ3) is 1.81. The van der Waals surface area contributed by atoms with E-state index in [1.807, 2.05) is 36.1 Å². The maximum absolute atomic E-state index is 11.1. The second-order valence-electron chi connectivity index (χ2n) is 4.23. The maximum atomic E-state index is 11.1. The zero-order valence-corrected chi connectivity index (χ0v) is 10.00. The van der Waals surface area contributed by atoms with Crippen molar-refractivity contribution in [2.24, 2.45) is 0 Å². The summed E-state index contributed by atoms with van der Waals surface area (Å²) in [4.78, 5) is 12.9. The predicted molar refractivity (Wildman–Crippen MR) is 64.4 cm³/mol. The molecule has 1 atom stereocenters.